The van der Waals surface area contributed by atoms with Gasteiger partial charge in [0.2, 0.25) is 0 Å². The number of fused-ring (bicyclic) bond motifs is 3. The molecule has 2 aromatic carbocycles. The first-order chi connectivity index (χ1) is 10.2. The van der Waals surface area contributed by atoms with E-state index in [2.05, 4.69) is 79.1 Å². The maximum atomic E-state index is 2.40. The minimum Gasteiger partial charge on any atom is -0.310 e. The van der Waals surface area contributed by atoms with Crippen LogP contribution in [-0.2, 0) is 6.42 Å². The Hall–Kier alpha value is -2.28. The Bertz CT molecular complexity index is 834. The highest BCUT2D eigenvalue weighted by atomic mass is 15.0. The van der Waals surface area contributed by atoms with Crippen LogP contribution in [0.15, 0.2) is 54.6 Å². The van der Waals surface area contributed by atoms with Crippen LogP contribution >= 0.6 is 0 Å². The number of rotatable bonds is 1. The van der Waals surface area contributed by atoms with E-state index in [0.29, 0.717) is 5.92 Å². The van der Waals surface area contributed by atoms with E-state index in [9.17, 15) is 0 Å². The molecule has 1 aliphatic rings. The summed E-state index contributed by atoms with van der Waals surface area (Å²) in [7, 11) is 0. The van der Waals surface area contributed by atoms with Crippen molar-refractivity contribution in [1.29, 1.82) is 0 Å². The summed E-state index contributed by atoms with van der Waals surface area (Å²) in [6.45, 7) is 4.42. The Morgan fingerprint density at radius 2 is 1.76 bits per heavy atom. The average molecular weight is 273 g/mol. The summed E-state index contributed by atoms with van der Waals surface area (Å²) in [6, 6.07) is 17.6. The van der Waals surface area contributed by atoms with Crippen molar-refractivity contribution in [2.75, 3.05) is 0 Å². The summed E-state index contributed by atoms with van der Waals surface area (Å²) in [5.74, 6) is 0.620. The van der Waals surface area contributed by atoms with Crippen LogP contribution in [0.3, 0.4) is 0 Å². The number of para-hydroxylation sites is 1. The Morgan fingerprint density at radius 1 is 1.00 bits per heavy atom. The van der Waals surface area contributed by atoms with E-state index >= 15 is 0 Å². The molecule has 4 rings (SSSR count). The first-order valence-corrected chi connectivity index (χ1v) is 7.61. The summed E-state index contributed by atoms with van der Waals surface area (Å²) in [5.41, 5.74) is 6.69. The van der Waals surface area contributed by atoms with Crippen LogP contribution in [0.4, 0.5) is 0 Å². The van der Waals surface area contributed by atoms with Gasteiger partial charge in [0, 0.05) is 16.8 Å². The lowest BCUT2D eigenvalue weighted by atomic mass is 9.93. The Morgan fingerprint density at radius 3 is 2.57 bits per heavy atom. The van der Waals surface area contributed by atoms with Crippen molar-refractivity contribution in [3.05, 3.63) is 71.4 Å². The molecule has 0 spiro atoms. The van der Waals surface area contributed by atoms with E-state index in [-0.39, 0.29) is 0 Å². The van der Waals surface area contributed by atoms with Crippen LogP contribution < -0.4 is 0 Å². The molecule has 0 amide bonds. The zero-order chi connectivity index (χ0) is 14.4. The summed E-state index contributed by atoms with van der Waals surface area (Å²) in [4.78, 5) is 0. The van der Waals surface area contributed by atoms with Crippen LogP contribution in [0.25, 0.3) is 22.7 Å². The van der Waals surface area contributed by atoms with Crippen molar-refractivity contribution in [3.8, 4) is 5.69 Å². The molecule has 0 radical (unpaired) electrons. The van der Waals surface area contributed by atoms with Crippen molar-refractivity contribution in [1.82, 2.24) is 4.57 Å². The molecule has 0 saturated heterocycles. The van der Waals surface area contributed by atoms with Crippen molar-refractivity contribution >= 4 is 17.0 Å². The Labute approximate surface area is 125 Å². The number of hydrogen-bond acceptors (Lipinski definition) is 0. The molecule has 104 valence electrons. The maximum absolute atomic E-state index is 2.40. The normalized spacial score (nSPS) is 17.1. The highest BCUT2D eigenvalue weighted by Gasteiger charge is 2.20. The lowest BCUT2D eigenvalue weighted by Crippen LogP contribution is -2.05. The van der Waals surface area contributed by atoms with Gasteiger partial charge < -0.3 is 4.57 Å². The molecule has 0 saturated carbocycles. The molecule has 0 bridgehead atoms. The van der Waals surface area contributed by atoms with Crippen molar-refractivity contribution < 1.29 is 0 Å². The lowest BCUT2D eigenvalue weighted by Gasteiger charge is -2.15. The van der Waals surface area contributed by atoms with E-state index in [1.54, 1.807) is 0 Å². The molecule has 1 heterocycles. The van der Waals surface area contributed by atoms with Gasteiger partial charge in [-0.15, -0.1) is 0 Å². The van der Waals surface area contributed by atoms with E-state index in [1.165, 1.54) is 33.4 Å². The number of nitrogens with zero attached hydrogens (tertiary/aromatic N) is 1. The number of allylic oxidation sites excluding steroid dienone is 1. The minimum atomic E-state index is 0.620. The molecule has 0 N–H and O–H groups in total. The third-order valence-electron chi connectivity index (χ3n) is 4.42. The van der Waals surface area contributed by atoms with Gasteiger partial charge in [-0.3, -0.25) is 0 Å². The second-order valence-corrected chi connectivity index (χ2v) is 6.09. The molecule has 3 aromatic rings. The molecule has 1 nitrogen and oxygen atoms in total. The third kappa shape index (κ3) is 1.92. The molecular formula is C20H19N. The lowest BCUT2D eigenvalue weighted by molar-refractivity contribution is 0.718. The van der Waals surface area contributed by atoms with Crippen LogP contribution in [0.5, 0.6) is 0 Å². The fourth-order valence-electron chi connectivity index (χ4n) is 3.33. The van der Waals surface area contributed by atoms with Crippen molar-refractivity contribution in [2.45, 2.75) is 20.3 Å². The van der Waals surface area contributed by atoms with Gasteiger partial charge in [0.05, 0.1) is 5.52 Å². The number of aromatic nitrogens is 1. The van der Waals surface area contributed by atoms with Gasteiger partial charge in [-0.2, -0.15) is 0 Å². The van der Waals surface area contributed by atoms with Crippen molar-refractivity contribution in [2.24, 2.45) is 5.92 Å². The molecule has 1 atom stereocenters. The van der Waals surface area contributed by atoms with Crippen LogP contribution in [0.1, 0.15) is 23.7 Å². The van der Waals surface area contributed by atoms with Gasteiger partial charge in [0.25, 0.3) is 0 Å². The van der Waals surface area contributed by atoms with Gasteiger partial charge in [-0.1, -0.05) is 48.9 Å². The SMILES string of the molecule is Cc1ccc(-n2c3c(c4ccccc42)CC(C)C=C3)cc1. The zero-order valence-corrected chi connectivity index (χ0v) is 12.5. The summed E-state index contributed by atoms with van der Waals surface area (Å²) in [5, 5.41) is 1.39. The summed E-state index contributed by atoms with van der Waals surface area (Å²) >= 11 is 0. The smallest absolute Gasteiger partial charge is 0.0537 e. The standard InChI is InChI=1S/C20H19N/c1-14-7-10-16(11-8-14)21-19-6-4-3-5-17(19)18-13-15(2)9-12-20(18)21/h3-12,15H,13H2,1-2H3. The van der Waals surface area contributed by atoms with E-state index in [4.69, 9.17) is 0 Å². The number of hydrogen-bond donors (Lipinski definition) is 0. The largest absolute Gasteiger partial charge is 0.310 e. The van der Waals surface area contributed by atoms with Gasteiger partial charge >= 0.3 is 0 Å². The molecule has 1 aromatic heterocycles. The predicted molar refractivity (Wildman–Crippen MR) is 89.9 cm³/mol. The van der Waals surface area contributed by atoms with Gasteiger partial charge in [0.1, 0.15) is 0 Å². The molecule has 1 aliphatic carbocycles. The van der Waals surface area contributed by atoms with Gasteiger partial charge in [-0.05, 0) is 49.1 Å². The van der Waals surface area contributed by atoms with Gasteiger partial charge in [-0.25, -0.2) is 0 Å². The topological polar surface area (TPSA) is 4.93 Å². The number of aryl methyl sites for hydroxylation is 1. The first kappa shape index (κ1) is 12.5. The van der Waals surface area contributed by atoms with Crippen LogP contribution in [0.2, 0.25) is 0 Å². The second-order valence-electron chi connectivity index (χ2n) is 6.09. The van der Waals surface area contributed by atoms with Crippen LogP contribution in [-0.4, -0.2) is 4.57 Å². The third-order valence-corrected chi connectivity index (χ3v) is 4.42. The molecule has 0 aliphatic heterocycles. The highest BCUT2D eigenvalue weighted by Crippen LogP contribution is 2.35. The Kier molecular flexibility index (Phi) is 2.75. The summed E-state index contributed by atoms with van der Waals surface area (Å²) in [6.07, 6.45) is 5.75. The molecule has 1 heteroatoms. The summed E-state index contributed by atoms with van der Waals surface area (Å²) < 4.78 is 2.40. The average Bonchev–Trinajstić information content (AvgIpc) is 2.82. The quantitative estimate of drug-likeness (QED) is 0.578. The number of benzene rings is 2. The molecule has 0 fully saturated rings. The fraction of sp³-hybridized carbons (Fsp3) is 0.200. The minimum absolute atomic E-state index is 0.620. The predicted octanol–water partition coefficient (Wildman–Crippen LogP) is 5.14. The van der Waals surface area contributed by atoms with Gasteiger partial charge in [0.15, 0.2) is 0 Å². The molecule has 1 unspecified atom stereocenters. The maximum Gasteiger partial charge on any atom is 0.0537 e. The monoisotopic (exact) mass is 273 g/mol. The van der Waals surface area contributed by atoms with Crippen molar-refractivity contribution in [3.63, 3.8) is 0 Å². The Balaban J connectivity index is 2.06. The second kappa shape index (κ2) is 4.63. The van der Waals surface area contributed by atoms with E-state index in [0.717, 1.165) is 6.42 Å². The fourth-order valence-corrected chi connectivity index (χ4v) is 3.33. The highest BCUT2D eigenvalue weighted by molar-refractivity contribution is 5.90. The van der Waals surface area contributed by atoms with E-state index in [1.807, 2.05) is 0 Å². The van der Waals surface area contributed by atoms with E-state index < -0.39 is 0 Å². The zero-order valence-electron chi connectivity index (χ0n) is 12.5. The molecule has 21 heavy (non-hydrogen) atoms. The first-order valence-electron chi connectivity index (χ1n) is 7.61. The van der Waals surface area contributed by atoms with Crippen LogP contribution in [0, 0.1) is 12.8 Å². The molecular weight excluding hydrogens is 254 g/mol.